The van der Waals surface area contributed by atoms with Gasteiger partial charge >= 0.3 is 0 Å². The Bertz CT molecular complexity index is 1150. The Morgan fingerprint density at radius 1 is 0.516 bits per heavy atom. The van der Waals surface area contributed by atoms with Gasteiger partial charge in [-0.1, -0.05) is 121 Å². The maximum atomic E-state index is 6.58. The molecule has 4 aromatic carbocycles. The minimum absolute atomic E-state index is 0.353. The molecule has 6 rings (SSSR count). The maximum absolute atomic E-state index is 6.58. The number of nitrogens with zero attached hydrogens (tertiary/aromatic N) is 1. The summed E-state index contributed by atoms with van der Waals surface area (Å²) in [4.78, 5) is 4.56. The van der Waals surface area contributed by atoms with Gasteiger partial charge in [-0.05, 0) is 11.1 Å². The van der Waals surface area contributed by atoms with Crippen molar-refractivity contribution in [2.75, 3.05) is 0 Å². The van der Waals surface area contributed by atoms with E-state index in [0.717, 1.165) is 11.1 Å². The lowest BCUT2D eigenvalue weighted by Crippen LogP contribution is -2.45. The molecule has 0 aromatic heterocycles. The molecule has 0 bridgehead atoms. The van der Waals surface area contributed by atoms with Crippen LogP contribution < -0.4 is 0 Å². The molecule has 1 saturated heterocycles. The smallest absolute Gasteiger partial charge is 0.197 e. The van der Waals surface area contributed by atoms with E-state index in [4.69, 9.17) is 9.73 Å². The molecule has 150 valence electrons. The van der Waals surface area contributed by atoms with E-state index >= 15 is 0 Å². The molecule has 4 aromatic rings. The zero-order valence-electron chi connectivity index (χ0n) is 16.9. The highest BCUT2D eigenvalue weighted by Crippen LogP contribution is 2.81. The highest BCUT2D eigenvalue weighted by Gasteiger charge is 2.83. The van der Waals surface area contributed by atoms with Crippen LogP contribution in [0, 0.1) is 0 Å². The quantitative estimate of drug-likeness (QED) is 0.358. The number of aliphatic imine (C=N–C) groups is 1. The Morgan fingerprint density at radius 2 is 0.903 bits per heavy atom. The van der Waals surface area contributed by atoms with Crippen LogP contribution in [0.15, 0.2) is 126 Å². The van der Waals surface area contributed by atoms with Gasteiger partial charge in [0.15, 0.2) is 16.9 Å². The Balaban J connectivity index is 1.66. The van der Waals surface area contributed by atoms with Crippen molar-refractivity contribution < 1.29 is 4.74 Å². The summed E-state index contributed by atoms with van der Waals surface area (Å²) in [5.41, 5.74) is 3.97. The number of ether oxygens (including phenoxy) is 1. The van der Waals surface area contributed by atoms with Crippen LogP contribution in [0.25, 0.3) is 0 Å². The van der Waals surface area contributed by atoms with Gasteiger partial charge in [-0.2, -0.15) is 0 Å². The average Bonchev–Trinajstić information content (AvgIpc) is 3.39. The first kappa shape index (κ1) is 18.5. The van der Waals surface area contributed by atoms with E-state index in [-0.39, 0.29) is 4.75 Å². The van der Waals surface area contributed by atoms with E-state index < -0.39 is 10.5 Å². The first-order valence-electron chi connectivity index (χ1n) is 10.5. The lowest BCUT2D eigenvalue weighted by atomic mass is 9.71. The van der Waals surface area contributed by atoms with Gasteiger partial charge in [0.25, 0.3) is 0 Å². The Morgan fingerprint density at radius 3 is 1.32 bits per heavy atom. The van der Waals surface area contributed by atoms with Crippen molar-refractivity contribution in [3.63, 3.8) is 0 Å². The highest BCUT2D eigenvalue weighted by molar-refractivity contribution is 8.09. The van der Waals surface area contributed by atoms with Crippen molar-refractivity contribution in [2.45, 2.75) is 15.2 Å². The van der Waals surface area contributed by atoms with E-state index in [2.05, 4.69) is 109 Å². The largest absolute Gasteiger partial charge is 0.464 e. The molecule has 0 radical (unpaired) electrons. The third kappa shape index (κ3) is 2.38. The first-order valence-corrected chi connectivity index (χ1v) is 11.3. The van der Waals surface area contributed by atoms with Gasteiger partial charge < -0.3 is 4.74 Å². The second kappa shape index (κ2) is 6.86. The number of benzene rings is 4. The molecule has 1 spiro atoms. The summed E-state index contributed by atoms with van der Waals surface area (Å²) in [5, 5.41) is 0. The van der Waals surface area contributed by atoms with E-state index in [0.29, 0.717) is 0 Å². The molecular weight excluding hydrogens is 398 g/mol. The molecule has 31 heavy (non-hydrogen) atoms. The topological polar surface area (TPSA) is 21.6 Å². The predicted octanol–water partition coefficient (Wildman–Crippen LogP) is 6.38. The van der Waals surface area contributed by atoms with Crippen molar-refractivity contribution in [3.8, 4) is 0 Å². The van der Waals surface area contributed by atoms with Crippen molar-refractivity contribution >= 4 is 18.2 Å². The normalized spacial score (nSPS) is 22.2. The monoisotopic (exact) mass is 419 g/mol. The summed E-state index contributed by atoms with van der Waals surface area (Å²) in [7, 11) is 0. The van der Waals surface area contributed by atoms with Crippen LogP contribution in [0.5, 0.6) is 0 Å². The summed E-state index contributed by atoms with van der Waals surface area (Å²) in [6.45, 7) is 0. The summed E-state index contributed by atoms with van der Waals surface area (Å²) < 4.78 is 6.22. The van der Waals surface area contributed by atoms with Gasteiger partial charge in [0.2, 0.25) is 0 Å². The van der Waals surface area contributed by atoms with E-state index in [1.807, 2.05) is 23.9 Å². The molecule has 1 atom stereocenters. The minimum Gasteiger partial charge on any atom is -0.464 e. The van der Waals surface area contributed by atoms with Gasteiger partial charge in [0, 0.05) is 11.1 Å². The van der Waals surface area contributed by atoms with Crippen molar-refractivity contribution in [2.24, 2.45) is 4.99 Å². The fraction of sp³-hybridized carbons (Fsp3) is 0.107. The van der Waals surface area contributed by atoms with Crippen LogP contribution in [-0.4, -0.2) is 11.3 Å². The van der Waals surface area contributed by atoms with E-state index in [9.17, 15) is 0 Å². The average molecular weight is 420 g/mol. The molecule has 0 amide bonds. The summed E-state index contributed by atoms with van der Waals surface area (Å²) in [5.74, 6) is 0. The number of thioether (sulfide) groups is 1. The molecule has 2 heterocycles. The van der Waals surface area contributed by atoms with E-state index in [1.165, 1.54) is 11.1 Å². The number of hydrogen-bond acceptors (Lipinski definition) is 3. The van der Waals surface area contributed by atoms with Crippen LogP contribution in [0.1, 0.15) is 22.3 Å². The van der Waals surface area contributed by atoms with Gasteiger partial charge in [-0.3, -0.25) is 0 Å². The molecule has 0 saturated carbocycles. The summed E-state index contributed by atoms with van der Waals surface area (Å²) in [6.07, 6.45) is 1.67. The van der Waals surface area contributed by atoms with Crippen LogP contribution >= 0.6 is 11.8 Å². The van der Waals surface area contributed by atoms with Gasteiger partial charge in [0.1, 0.15) is 4.75 Å². The maximum Gasteiger partial charge on any atom is 0.197 e. The molecule has 2 nitrogen and oxygen atoms in total. The molecule has 3 heteroatoms. The summed E-state index contributed by atoms with van der Waals surface area (Å²) >= 11 is 1.87. The SMILES string of the molecule is C1=NC2(SC2(c2ccccc2)c2ccccc2)C(c2ccccc2)(c2ccccc2)O1. The second-order valence-electron chi connectivity index (χ2n) is 7.92. The van der Waals surface area contributed by atoms with E-state index in [1.54, 1.807) is 6.40 Å². The fourth-order valence-corrected chi connectivity index (χ4v) is 6.90. The van der Waals surface area contributed by atoms with Crippen LogP contribution in [0.4, 0.5) is 0 Å². The zero-order chi connectivity index (χ0) is 20.8. The molecule has 2 aliphatic rings. The first-order chi connectivity index (χ1) is 15.3. The van der Waals surface area contributed by atoms with Crippen molar-refractivity contribution in [3.05, 3.63) is 144 Å². The molecule has 0 aliphatic carbocycles. The third-order valence-electron chi connectivity index (χ3n) is 6.40. The van der Waals surface area contributed by atoms with Gasteiger partial charge in [-0.15, -0.1) is 11.8 Å². The molecule has 1 unspecified atom stereocenters. The number of rotatable bonds is 4. The fourth-order valence-electron chi connectivity index (χ4n) is 5.04. The van der Waals surface area contributed by atoms with Crippen molar-refractivity contribution in [1.29, 1.82) is 0 Å². The summed E-state index contributed by atoms with van der Waals surface area (Å²) in [6, 6.07) is 42.5. The zero-order valence-corrected chi connectivity index (χ0v) is 17.7. The molecule has 0 N–H and O–H groups in total. The molecule has 1 fully saturated rings. The standard InChI is InChI=1S/C28H21NOS/c1-5-13-22(14-6-1)26(23-15-7-2-8-16-23)28(29-21-30-26)27(31-28,24-17-9-3-10-18-24)25-19-11-4-12-20-25/h1-21H. The minimum atomic E-state index is -0.730. The number of hydrogen-bond donors (Lipinski definition) is 0. The van der Waals surface area contributed by atoms with Crippen molar-refractivity contribution in [1.82, 2.24) is 0 Å². The Kier molecular flexibility index (Phi) is 4.09. The lowest BCUT2D eigenvalue weighted by molar-refractivity contribution is 0.0949. The predicted molar refractivity (Wildman–Crippen MR) is 127 cm³/mol. The molecular formula is C28H21NOS. The second-order valence-corrected chi connectivity index (χ2v) is 9.33. The van der Waals surface area contributed by atoms with Gasteiger partial charge in [-0.25, -0.2) is 4.99 Å². The lowest BCUT2D eigenvalue weighted by Gasteiger charge is -2.36. The Labute approximate surface area is 186 Å². The van der Waals surface area contributed by atoms with Crippen LogP contribution in [-0.2, 0) is 15.1 Å². The third-order valence-corrected chi connectivity index (χ3v) is 8.26. The highest BCUT2D eigenvalue weighted by atomic mass is 32.2. The van der Waals surface area contributed by atoms with Crippen LogP contribution in [0.2, 0.25) is 0 Å². The van der Waals surface area contributed by atoms with Gasteiger partial charge in [0.05, 0.1) is 0 Å². The van der Waals surface area contributed by atoms with Crippen LogP contribution in [0.3, 0.4) is 0 Å². The Hall–Kier alpha value is -3.30. The molecule has 2 aliphatic heterocycles.